The highest BCUT2D eigenvalue weighted by molar-refractivity contribution is 5.51. The molecular formula is C17H25FN2O2. The molecule has 5 heteroatoms. The third kappa shape index (κ3) is 2.98. The summed E-state index contributed by atoms with van der Waals surface area (Å²) in [6, 6.07) is 5.47. The lowest BCUT2D eigenvalue weighted by Gasteiger charge is -2.36. The van der Waals surface area contributed by atoms with Crippen molar-refractivity contribution in [3.8, 4) is 0 Å². The maximum Gasteiger partial charge on any atom is 0.159 e. The molecule has 0 bridgehead atoms. The van der Waals surface area contributed by atoms with Gasteiger partial charge in [0, 0.05) is 38.8 Å². The molecule has 0 spiro atoms. The smallest absolute Gasteiger partial charge is 0.159 e. The van der Waals surface area contributed by atoms with E-state index in [1.54, 1.807) is 20.3 Å². The Labute approximate surface area is 131 Å². The van der Waals surface area contributed by atoms with E-state index in [9.17, 15) is 4.39 Å². The fraction of sp³-hybridized carbons (Fsp3) is 0.647. The van der Waals surface area contributed by atoms with Crippen LogP contribution in [0.25, 0.3) is 0 Å². The molecule has 0 amide bonds. The second kappa shape index (κ2) is 6.14. The number of ether oxygens (including phenoxy) is 2. The molecule has 1 aromatic rings. The van der Waals surface area contributed by atoms with Gasteiger partial charge in [0.1, 0.15) is 5.82 Å². The number of hydrogen-bond donors (Lipinski definition) is 1. The molecule has 0 atom stereocenters. The second-order valence-corrected chi connectivity index (χ2v) is 6.49. The van der Waals surface area contributed by atoms with Crippen LogP contribution in [0.4, 0.5) is 10.1 Å². The van der Waals surface area contributed by atoms with E-state index in [4.69, 9.17) is 15.2 Å². The molecule has 1 aliphatic heterocycles. The molecule has 0 aromatic heterocycles. The fourth-order valence-corrected chi connectivity index (χ4v) is 3.39. The molecule has 1 aliphatic carbocycles. The Balaban J connectivity index is 1.66. The molecule has 122 valence electrons. The Morgan fingerprint density at radius 1 is 1.23 bits per heavy atom. The van der Waals surface area contributed by atoms with Gasteiger partial charge in [-0.15, -0.1) is 0 Å². The molecule has 2 aliphatic rings. The van der Waals surface area contributed by atoms with E-state index >= 15 is 0 Å². The van der Waals surface area contributed by atoms with Gasteiger partial charge < -0.3 is 20.1 Å². The summed E-state index contributed by atoms with van der Waals surface area (Å²) in [5.41, 5.74) is 7.46. The van der Waals surface area contributed by atoms with E-state index in [1.165, 1.54) is 0 Å². The van der Waals surface area contributed by atoms with Crippen LogP contribution in [0.15, 0.2) is 18.2 Å². The third-order valence-corrected chi connectivity index (χ3v) is 5.04. The van der Waals surface area contributed by atoms with E-state index in [0.717, 1.165) is 44.3 Å². The minimum atomic E-state index is -0.281. The molecule has 1 heterocycles. The summed E-state index contributed by atoms with van der Waals surface area (Å²) < 4.78 is 25.1. The lowest BCUT2D eigenvalue weighted by Crippen LogP contribution is -2.39. The minimum Gasteiger partial charge on any atom is -0.369 e. The quantitative estimate of drug-likeness (QED) is 0.850. The normalized spacial score (nSPS) is 21.4. The second-order valence-electron chi connectivity index (χ2n) is 6.49. The van der Waals surface area contributed by atoms with Crippen molar-refractivity contribution >= 4 is 5.69 Å². The van der Waals surface area contributed by atoms with Crippen LogP contribution in [0.3, 0.4) is 0 Å². The summed E-state index contributed by atoms with van der Waals surface area (Å²) in [6.45, 7) is 1.63. The first-order valence-corrected chi connectivity index (χ1v) is 7.97. The predicted molar refractivity (Wildman–Crippen MR) is 84.2 cm³/mol. The first-order chi connectivity index (χ1) is 10.6. The summed E-state index contributed by atoms with van der Waals surface area (Å²) in [5, 5.41) is 0. The van der Waals surface area contributed by atoms with Gasteiger partial charge in [0.2, 0.25) is 0 Å². The Kier molecular flexibility index (Phi) is 4.39. The number of piperidine rings is 1. The van der Waals surface area contributed by atoms with Crippen LogP contribution < -0.4 is 10.6 Å². The van der Waals surface area contributed by atoms with Gasteiger partial charge in [0.05, 0.1) is 5.69 Å². The van der Waals surface area contributed by atoms with Gasteiger partial charge in [0.25, 0.3) is 0 Å². The van der Waals surface area contributed by atoms with E-state index in [0.29, 0.717) is 11.6 Å². The zero-order valence-electron chi connectivity index (χ0n) is 13.3. The van der Waals surface area contributed by atoms with Gasteiger partial charge in [-0.3, -0.25) is 0 Å². The maximum absolute atomic E-state index is 14.4. The number of methoxy groups -OCH3 is 2. The largest absolute Gasteiger partial charge is 0.369 e. The third-order valence-electron chi connectivity index (χ3n) is 5.04. The Morgan fingerprint density at radius 2 is 1.86 bits per heavy atom. The van der Waals surface area contributed by atoms with Crippen LogP contribution in [0, 0.1) is 11.7 Å². The summed E-state index contributed by atoms with van der Waals surface area (Å²) in [5.74, 6) is 0.204. The summed E-state index contributed by atoms with van der Waals surface area (Å²) in [4.78, 5) is 2.11. The van der Waals surface area contributed by atoms with Crippen LogP contribution in [-0.4, -0.2) is 33.6 Å². The SMILES string of the molecule is COC(OC)C1CCN(c2ccc(C3(N)CC3)cc2F)CC1. The van der Waals surface area contributed by atoms with Crippen LogP contribution in [-0.2, 0) is 15.0 Å². The van der Waals surface area contributed by atoms with Crippen LogP contribution >= 0.6 is 0 Å². The fourth-order valence-electron chi connectivity index (χ4n) is 3.39. The lowest BCUT2D eigenvalue weighted by atomic mass is 9.95. The average molecular weight is 308 g/mol. The molecule has 22 heavy (non-hydrogen) atoms. The van der Waals surface area contributed by atoms with Gasteiger partial charge in [0.15, 0.2) is 6.29 Å². The number of benzene rings is 1. The highest BCUT2D eigenvalue weighted by atomic mass is 19.1. The van der Waals surface area contributed by atoms with E-state index in [1.807, 2.05) is 12.1 Å². The van der Waals surface area contributed by atoms with Crippen molar-refractivity contribution in [1.82, 2.24) is 0 Å². The van der Waals surface area contributed by atoms with Crippen molar-refractivity contribution in [2.24, 2.45) is 11.7 Å². The number of anilines is 1. The van der Waals surface area contributed by atoms with Crippen molar-refractivity contribution < 1.29 is 13.9 Å². The molecule has 1 saturated carbocycles. The Morgan fingerprint density at radius 3 is 2.36 bits per heavy atom. The van der Waals surface area contributed by atoms with E-state index < -0.39 is 0 Å². The monoisotopic (exact) mass is 308 g/mol. The highest BCUT2D eigenvalue weighted by Gasteiger charge is 2.40. The van der Waals surface area contributed by atoms with Crippen molar-refractivity contribution in [3.63, 3.8) is 0 Å². The number of nitrogens with zero attached hydrogens (tertiary/aromatic N) is 1. The van der Waals surface area contributed by atoms with Crippen molar-refractivity contribution in [3.05, 3.63) is 29.6 Å². The lowest BCUT2D eigenvalue weighted by molar-refractivity contribution is -0.141. The topological polar surface area (TPSA) is 47.7 Å². The molecule has 4 nitrogen and oxygen atoms in total. The zero-order chi connectivity index (χ0) is 15.7. The molecular weight excluding hydrogens is 283 g/mol. The molecule has 1 saturated heterocycles. The van der Waals surface area contributed by atoms with Crippen molar-refractivity contribution in [2.45, 2.75) is 37.5 Å². The van der Waals surface area contributed by atoms with Gasteiger partial charge in [-0.2, -0.15) is 0 Å². The number of halogens is 1. The van der Waals surface area contributed by atoms with Crippen LogP contribution in [0.5, 0.6) is 0 Å². The predicted octanol–water partition coefficient (Wildman–Crippen LogP) is 2.61. The first kappa shape index (κ1) is 15.7. The van der Waals surface area contributed by atoms with Crippen molar-refractivity contribution in [1.29, 1.82) is 0 Å². The molecule has 1 aromatic carbocycles. The summed E-state index contributed by atoms with van der Waals surface area (Å²) >= 11 is 0. The molecule has 2 N–H and O–H groups in total. The van der Waals surface area contributed by atoms with Crippen LogP contribution in [0.2, 0.25) is 0 Å². The van der Waals surface area contributed by atoms with Gasteiger partial charge in [-0.05, 0) is 43.4 Å². The van der Waals surface area contributed by atoms with E-state index in [2.05, 4.69) is 4.90 Å². The highest BCUT2D eigenvalue weighted by Crippen LogP contribution is 2.43. The van der Waals surface area contributed by atoms with Gasteiger partial charge in [-0.1, -0.05) is 6.07 Å². The molecule has 0 radical (unpaired) electrons. The standard InChI is InChI=1S/C17H25FN2O2/c1-21-16(22-2)12-5-9-20(10-6-12)15-4-3-13(11-14(15)18)17(19)7-8-17/h3-4,11-12,16H,5-10,19H2,1-2H3. The summed E-state index contributed by atoms with van der Waals surface area (Å²) in [7, 11) is 3.33. The van der Waals surface area contributed by atoms with Gasteiger partial charge >= 0.3 is 0 Å². The van der Waals surface area contributed by atoms with Gasteiger partial charge in [-0.25, -0.2) is 4.39 Å². The summed E-state index contributed by atoms with van der Waals surface area (Å²) in [6.07, 6.45) is 3.61. The molecule has 0 unspecified atom stereocenters. The van der Waals surface area contributed by atoms with Crippen molar-refractivity contribution in [2.75, 3.05) is 32.2 Å². The minimum absolute atomic E-state index is 0.164. The van der Waals surface area contributed by atoms with E-state index in [-0.39, 0.29) is 17.6 Å². The molecule has 3 rings (SSSR count). The zero-order valence-corrected chi connectivity index (χ0v) is 13.3. The number of hydrogen-bond acceptors (Lipinski definition) is 4. The molecule has 2 fully saturated rings. The average Bonchev–Trinajstić information content (AvgIpc) is 3.28. The maximum atomic E-state index is 14.4. The number of rotatable bonds is 5. The van der Waals surface area contributed by atoms with Crippen LogP contribution in [0.1, 0.15) is 31.2 Å². The Bertz CT molecular complexity index is 521. The first-order valence-electron chi connectivity index (χ1n) is 7.97. The Hall–Kier alpha value is -1.17. The number of nitrogens with two attached hydrogens (primary N) is 1.